The van der Waals surface area contributed by atoms with Gasteiger partial charge >= 0.3 is 5.97 Å². The highest BCUT2D eigenvalue weighted by Gasteiger charge is 2.21. The number of hydrogen-bond donors (Lipinski definition) is 1. The quantitative estimate of drug-likeness (QED) is 0.601. The number of aromatic nitrogens is 2. The minimum absolute atomic E-state index is 0.0201. The van der Waals surface area contributed by atoms with Crippen molar-refractivity contribution in [1.82, 2.24) is 9.55 Å². The molecule has 0 aliphatic heterocycles. The van der Waals surface area contributed by atoms with Gasteiger partial charge in [0.1, 0.15) is 5.82 Å². The molecular formula is C22H20ClN3O2. The molecular weight excluding hydrogens is 374 g/mol. The molecule has 0 fully saturated rings. The highest BCUT2D eigenvalue weighted by molar-refractivity contribution is 6.32. The van der Waals surface area contributed by atoms with Gasteiger partial charge < -0.3 is 9.67 Å². The molecule has 5 nitrogen and oxygen atoms in total. The van der Waals surface area contributed by atoms with Crippen LogP contribution in [0.5, 0.6) is 0 Å². The van der Waals surface area contributed by atoms with Crippen LogP contribution in [0.3, 0.4) is 0 Å². The summed E-state index contributed by atoms with van der Waals surface area (Å²) in [5.41, 5.74) is 3.39. The monoisotopic (exact) mass is 393 g/mol. The second kappa shape index (κ2) is 8.73. The number of rotatable bonds is 7. The molecule has 0 amide bonds. The van der Waals surface area contributed by atoms with E-state index in [2.05, 4.69) is 18.0 Å². The van der Waals surface area contributed by atoms with Crippen LogP contribution < -0.4 is 0 Å². The molecule has 0 atom stereocenters. The molecule has 0 aliphatic rings. The molecule has 28 heavy (non-hydrogen) atoms. The molecule has 0 saturated heterocycles. The maximum Gasteiger partial charge on any atom is 0.355 e. The normalized spacial score (nSPS) is 10.6. The zero-order chi connectivity index (χ0) is 20.1. The van der Waals surface area contributed by atoms with Crippen LogP contribution in [0.25, 0.3) is 11.1 Å². The average molecular weight is 394 g/mol. The molecule has 3 rings (SSSR count). The van der Waals surface area contributed by atoms with Gasteiger partial charge in [0, 0.05) is 13.0 Å². The van der Waals surface area contributed by atoms with Crippen LogP contribution in [0.1, 0.15) is 47.2 Å². The Morgan fingerprint density at radius 2 is 1.93 bits per heavy atom. The maximum absolute atomic E-state index is 11.7. The summed E-state index contributed by atoms with van der Waals surface area (Å²) >= 11 is 6.09. The van der Waals surface area contributed by atoms with E-state index in [0.717, 1.165) is 29.5 Å². The van der Waals surface area contributed by atoms with E-state index in [1.54, 1.807) is 10.6 Å². The maximum atomic E-state index is 11.7. The molecule has 2 aromatic carbocycles. The summed E-state index contributed by atoms with van der Waals surface area (Å²) in [6, 6.07) is 17.4. The Hall–Kier alpha value is -3.10. The fraction of sp³-hybridized carbons (Fsp3) is 0.227. The minimum atomic E-state index is -1.08. The summed E-state index contributed by atoms with van der Waals surface area (Å²) in [6.45, 7) is 2.45. The fourth-order valence-electron chi connectivity index (χ4n) is 3.17. The van der Waals surface area contributed by atoms with Crippen LogP contribution >= 0.6 is 11.6 Å². The molecule has 6 heteroatoms. The lowest BCUT2D eigenvalue weighted by atomic mass is 9.99. The summed E-state index contributed by atoms with van der Waals surface area (Å²) in [5.74, 6) is -0.400. The van der Waals surface area contributed by atoms with Crippen LogP contribution in [-0.2, 0) is 13.0 Å². The van der Waals surface area contributed by atoms with Crippen molar-refractivity contribution >= 4 is 17.6 Å². The molecule has 0 aliphatic carbocycles. The number of nitrogens with zero attached hydrogens (tertiary/aromatic N) is 3. The standard InChI is InChI=1S/C22H20ClN3O2/c1-2-3-8-19-25-21(23)20(22(27)28)26(19)14-15-9-11-16(12-10-15)18-7-5-4-6-17(18)13-24/h4-7,9-12H,2-3,8,14H2,1H3,(H,27,28). The number of hydrogen-bond acceptors (Lipinski definition) is 3. The third-order valence-electron chi connectivity index (χ3n) is 4.61. The number of imidazole rings is 1. The van der Waals surface area contributed by atoms with Crippen molar-refractivity contribution in [3.63, 3.8) is 0 Å². The third-order valence-corrected chi connectivity index (χ3v) is 4.88. The number of aromatic carboxylic acids is 1. The first-order valence-electron chi connectivity index (χ1n) is 9.11. The molecule has 3 aromatic rings. The van der Waals surface area contributed by atoms with Crippen molar-refractivity contribution in [3.05, 3.63) is 76.3 Å². The number of carboxylic acids is 1. The number of carbonyl (C=O) groups is 1. The Balaban J connectivity index is 1.92. The Kier molecular flexibility index (Phi) is 6.13. The first kappa shape index (κ1) is 19.7. The summed E-state index contributed by atoms with van der Waals surface area (Å²) in [6.07, 6.45) is 2.58. The van der Waals surface area contributed by atoms with Crippen LogP contribution in [0.2, 0.25) is 5.15 Å². The summed E-state index contributed by atoms with van der Waals surface area (Å²) in [4.78, 5) is 15.9. The van der Waals surface area contributed by atoms with Crippen molar-refractivity contribution < 1.29 is 9.90 Å². The van der Waals surface area contributed by atoms with E-state index in [9.17, 15) is 15.2 Å². The highest BCUT2D eigenvalue weighted by atomic mass is 35.5. The lowest BCUT2D eigenvalue weighted by molar-refractivity contribution is 0.0685. The zero-order valence-electron chi connectivity index (χ0n) is 15.5. The van der Waals surface area contributed by atoms with E-state index in [1.807, 2.05) is 42.5 Å². The lowest BCUT2D eigenvalue weighted by Crippen LogP contribution is -2.13. The van der Waals surface area contributed by atoms with E-state index in [-0.39, 0.29) is 10.8 Å². The topological polar surface area (TPSA) is 78.9 Å². The number of unbranched alkanes of at least 4 members (excludes halogenated alkanes) is 1. The van der Waals surface area contributed by atoms with E-state index in [0.29, 0.717) is 24.4 Å². The first-order valence-corrected chi connectivity index (χ1v) is 9.49. The molecule has 0 spiro atoms. The molecule has 142 valence electrons. The lowest BCUT2D eigenvalue weighted by Gasteiger charge is -2.11. The molecule has 0 unspecified atom stereocenters. The number of aryl methyl sites for hydroxylation is 1. The van der Waals surface area contributed by atoms with Gasteiger partial charge in [0.05, 0.1) is 11.6 Å². The predicted octanol–water partition coefficient (Wildman–Crippen LogP) is 5.16. The van der Waals surface area contributed by atoms with Gasteiger partial charge in [-0.1, -0.05) is 67.4 Å². The molecule has 0 bridgehead atoms. The molecule has 1 aromatic heterocycles. The second-order valence-corrected chi connectivity index (χ2v) is 6.87. The largest absolute Gasteiger partial charge is 0.476 e. The minimum Gasteiger partial charge on any atom is -0.476 e. The molecule has 0 saturated carbocycles. The highest BCUT2D eigenvalue weighted by Crippen LogP contribution is 2.25. The van der Waals surface area contributed by atoms with Gasteiger partial charge in [-0.2, -0.15) is 5.26 Å². The van der Waals surface area contributed by atoms with Crippen molar-refractivity contribution in [1.29, 1.82) is 5.26 Å². The number of benzene rings is 2. The molecule has 1 heterocycles. The SMILES string of the molecule is CCCCc1nc(Cl)c(C(=O)O)n1Cc1ccc(-c2ccccc2C#N)cc1. The summed E-state index contributed by atoms with van der Waals surface area (Å²) < 4.78 is 1.68. The number of halogens is 1. The van der Waals surface area contributed by atoms with Gasteiger partial charge in [-0.15, -0.1) is 0 Å². The average Bonchev–Trinajstić information content (AvgIpc) is 3.02. The Bertz CT molecular complexity index is 1030. The Morgan fingerprint density at radius 3 is 2.57 bits per heavy atom. The van der Waals surface area contributed by atoms with Gasteiger partial charge in [-0.3, -0.25) is 0 Å². The third kappa shape index (κ3) is 4.08. The van der Waals surface area contributed by atoms with Crippen LogP contribution in [0.4, 0.5) is 0 Å². The molecule has 0 radical (unpaired) electrons. The van der Waals surface area contributed by atoms with Crippen LogP contribution in [0, 0.1) is 11.3 Å². The Morgan fingerprint density at radius 1 is 1.21 bits per heavy atom. The van der Waals surface area contributed by atoms with Crippen molar-refractivity contribution in [3.8, 4) is 17.2 Å². The van der Waals surface area contributed by atoms with Crippen molar-refractivity contribution in [2.24, 2.45) is 0 Å². The van der Waals surface area contributed by atoms with Crippen molar-refractivity contribution in [2.75, 3.05) is 0 Å². The number of carboxylic acid groups (broad SMARTS) is 1. The summed E-state index contributed by atoms with van der Waals surface area (Å²) in [7, 11) is 0. The van der Waals surface area contributed by atoms with E-state index in [1.165, 1.54) is 0 Å². The van der Waals surface area contributed by atoms with Crippen molar-refractivity contribution in [2.45, 2.75) is 32.7 Å². The molecule has 1 N–H and O–H groups in total. The van der Waals surface area contributed by atoms with Crippen LogP contribution in [-0.4, -0.2) is 20.6 Å². The van der Waals surface area contributed by atoms with E-state index >= 15 is 0 Å². The zero-order valence-corrected chi connectivity index (χ0v) is 16.3. The summed E-state index contributed by atoms with van der Waals surface area (Å²) in [5, 5.41) is 18.9. The van der Waals surface area contributed by atoms with Gasteiger partial charge in [0.15, 0.2) is 10.8 Å². The fourth-order valence-corrected chi connectivity index (χ4v) is 3.45. The van der Waals surface area contributed by atoms with Gasteiger partial charge in [-0.25, -0.2) is 9.78 Å². The van der Waals surface area contributed by atoms with Gasteiger partial charge in [-0.05, 0) is 29.2 Å². The first-order chi connectivity index (χ1) is 13.5. The van der Waals surface area contributed by atoms with E-state index in [4.69, 9.17) is 11.6 Å². The number of nitriles is 1. The van der Waals surface area contributed by atoms with Gasteiger partial charge in [0.2, 0.25) is 0 Å². The van der Waals surface area contributed by atoms with Crippen LogP contribution in [0.15, 0.2) is 48.5 Å². The second-order valence-electron chi connectivity index (χ2n) is 6.52. The smallest absolute Gasteiger partial charge is 0.355 e. The van der Waals surface area contributed by atoms with E-state index < -0.39 is 5.97 Å². The van der Waals surface area contributed by atoms with Gasteiger partial charge in [0.25, 0.3) is 0 Å². The predicted molar refractivity (Wildman–Crippen MR) is 109 cm³/mol. The Labute approximate surface area is 168 Å².